The van der Waals surface area contributed by atoms with Crippen molar-refractivity contribution in [1.82, 2.24) is 9.80 Å². The average molecular weight is 314 g/mol. The molecule has 2 rings (SSSR count). The molecule has 2 atom stereocenters. The maximum absolute atomic E-state index is 14.1. The first-order chi connectivity index (χ1) is 10.4. The molecule has 0 aromatic carbocycles. The first kappa shape index (κ1) is 16.7. The largest absolute Gasteiger partial charge is 0.479 e. The van der Waals surface area contributed by atoms with Gasteiger partial charge in [0.05, 0.1) is 12.5 Å². The summed E-state index contributed by atoms with van der Waals surface area (Å²) in [6.07, 6.45) is 2.48. The predicted octanol–water partition coefficient (Wildman–Crippen LogP) is 1.05. The molecule has 2 aliphatic heterocycles. The van der Waals surface area contributed by atoms with Crippen LogP contribution in [0.15, 0.2) is 0 Å². The number of alkyl halides is 1. The van der Waals surface area contributed by atoms with Crippen LogP contribution >= 0.6 is 0 Å². The van der Waals surface area contributed by atoms with Gasteiger partial charge in [-0.05, 0) is 19.3 Å². The summed E-state index contributed by atoms with van der Waals surface area (Å²) in [5.41, 5.74) is -2.33. The molecule has 2 heterocycles. The van der Waals surface area contributed by atoms with Crippen LogP contribution in [0.3, 0.4) is 0 Å². The van der Waals surface area contributed by atoms with Gasteiger partial charge in [-0.3, -0.25) is 9.59 Å². The van der Waals surface area contributed by atoms with Crippen molar-refractivity contribution in [2.75, 3.05) is 26.2 Å². The molecule has 0 saturated carbocycles. The Morgan fingerprint density at radius 2 is 2.00 bits per heavy atom. The lowest BCUT2D eigenvalue weighted by atomic mass is 9.96. The Balaban J connectivity index is 1.95. The maximum atomic E-state index is 14.1. The number of hydrogen-bond acceptors (Lipinski definition) is 3. The number of carboxylic acid groups (broad SMARTS) is 1. The summed E-state index contributed by atoms with van der Waals surface area (Å²) in [6, 6.07) is 0. The SMILES string of the molecule is CCCC(=O)N1CCC[C@@H](C(=O)N2CC[C@@](F)(C(=O)O)C2)C1. The molecule has 0 radical (unpaired) electrons. The van der Waals surface area contributed by atoms with Gasteiger partial charge < -0.3 is 14.9 Å². The molecule has 2 aliphatic rings. The van der Waals surface area contributed by atoms with Crippen molar-refractivity contribution >= 4 is 17.8 Å². The average Bonchev–Trinajstić information content (AvgIpc) is 2.91. The lowest BCUT2D eigenvalue weighted by molar-refractivity contribution is -0.150. The molecule has 7 heteroatoms. The monoisotopic (exact) mass is 314 g/mol. The van der Waals surface area contributed by atoms with Crippen molar-refractivity contribution in [1.29, 1.82) is 0 Å². The summed E-state index contributed by atoms with van der Waals surface area (Å²) in [4.78, 5) is 38.3. The second kappa shape index (κ2) is 6.62. The zero-order valence-electron chi connectivity index (χ0n) is 12.9. The number of hydrogen-bond donors (Lipinski definition) is 1. The summed E-state index contributed by atoms with van der Waals surface area (Å²) in [5, 5.41) is 8.89. The van der Waals surface area contributed by atoms with Crippen LogP contribution in [-0.2, 0) is 14.4 Å². The molecular formula is C15H23FN2O4. The van der Waals surface area contributed by atoms with E-state index in [1.54, 1.807) is 4.90 Å². The van der Waals surface area contributed by atoms with Crippen molar-refractivity contribution in [3.63, 3.8) is 0 Å². The van der Waals surface area contributed by atoms with E-state index in [4.69, 9.17) is 5.11 Å². The van der Waals surface area contributed by atoms with Crippen LogP contribution < -0.4 is 0 Å². The molecule has 124 valence electrons. The van der Waals surface area contributed by atoms with Gasteiger partial charge in [0.2, 0.25) is 17.5 Å². The zero-order chi connectivity index (χ0) is 16.3. The molecule has 0 aromatic heterocycles. The number of amides is 2. The number of halogens is 1. The smallest absolute Gasteiger partial charge is 0.343 e. The van der Waals surface area contributed by atoms with E-state index in [0.717, 1.165) is 12.8 Å². The third kappa shape index (κ3) is 3.39. The normalized spacial score (nSPS) is 28.7. The standard InChI is InChI=1S/C15H23FN2O4/c1-2-4-12(19)17-7-3-5-11(9-17)13(20)18-8-6-15(16,10-18)14(21)22/h11H,2-10H2,1H3,(H,21,22)/t11-,15+/m1/s1. The fraction of sp³-hybridized carbons (Fsp3) is 0.800. The Kier molecular flexibility index (Phi) is 5.03. The van der Waals surface area contributed by atoms with Crippen LogP contribution in [0.25, 0.3) is 0 Å². The molecule has 22 heavy (non-hydrogen) atoms. The fourth-order valence-electron chi connectivity index (χ4n) is 3.17. The summed E-state index contributed by atoms with van der Waals surface area (Å²) in [5.74, 6) is -2.03. The molecular weight excluding hydrogens is 291 g/mol. The number of aliphatic carboxylic acids is 1. The first-order valence-electron chi connectivity index (χ1n) is 7.86. The van der Waals surface area contributed by atoms with E-state index in [-0.39, 0.29) is 37.2 Å². The van der Waals surface area contributed by atoms with Crippen LogP contribution in [0.1, 0.15) is 39.0 Å². The molecule has 0 unspecified atom stereocenters. The lowest BCUT2D eigenvalue weighted by Crippen LogP contribution is -2.47. The summed E-state index contributed by atoms with van der Waals surface area (Å²) >= 11 is 0. The highest BCUT2D eigenvalue weighted by atomic mass is 19.1. The molecule has 0 spiro atoms. The number of carbonyl (C=O) groups is 3. The van der Waals surface area contributed by atoms with Crippen molar-refractivity contribution in [3.8, 4) is 0 Å². The third-order valence-corrected chi connectivity index (χ3v) is 4.50. The van der Waals surface area contributed by atoms with Gasteiger partial charge in [-0.25, -0.2) is 9.18 Å². The first-order valence-corrected chi connectivity index (χ1v) is 7.86. The van der Waals surface area contributed by atoms with Gasteiger partial charge in [0.1, 0.15) is 0 Å². The van der Waals surface area contributed by atoms with Crippen molar-refractivity contribution in [2.45, 2.75) is 44.7 Å². The molecule has 6 nitrogen and oxygen atoms in total. The van der Waals surface area contributed by atoms with Crippen LogP contribution in [0, 0.1) is 5.92 Å². The van der Waals surface area contributed by atoms with Gasteiger partial charge in [-0.2, -0.15) is 0 Å². The molecule has 0 aliphatic carbocycles. The van der Waals surface area contributed by atoms with E-state index >= 15 is 0 Å². The second-order valence-corrected chi connectivity index (χ2v) is 6.21. The Bertz CT molecular complexity index is 470. The topological polar surface area (TPSA) is 77.9 Å². The molecule has 2 amide bonds. The van der Waals surface area contributed by atoms with E-state index in [1.807, 2.05) is 6.92 Å². The third-order valence-electron chi connectivity index (χ3n) is 4.50. The Labute approximate surface area is 129 Å². The Morgan fingerprint density at radius 1 is 1.27 bits per heavy atom. The minimum Gasteiger partial charge on any atom is -0.479 e. The second-order valence-electron chi connectivity index (χ2n) is 6.21. The predicted molar refractivity (Wildman–Crippen MR) is 76.9 cm³/mol. The van der Waals surface area contributed by atoms with Crippen LogP contribution in [0.4, 0.5) is 4.39 Å². The summed E-state index contributed by atoms with van der Waals surface area (Å²) in [7, 11) is 0. The summed E-state index contributed by atoms with van der Waals surface area (Å²) in [6.45, 7) is 2.69. The highest BCUT2D eigenvalue weighted by molar-refractivity contribution is 5.84. The minimum atomic E-state index is -2.33. The zero-order valence-corrected chi connectivity index (χ0v) is 12.9. The number of nitrogens with zero attached hydrogens (tertiary/aromatic N) is 2. The number of likely N-dealkylation sites (tertiary alicyclic amines) is 2. The van der Waals surface area contributed by atoms with E-state index in [1.165, 1.54) is 4.90 Å². The van der Waals surface area contributed by atoms with E-state index in [0.29, 0.717) is 25.9 Å². The van der Waals surface area contributed by atoms with Gasteiger partial charge >= 0.3 is 5.97 Å². The Hall–Kier alpha value is -1.66. The van der Waals surface area contributed by atoms with Gasteiger partial charge in [0, 0.05) is 32.5 Å². The van der Waals surface area contributed by atoms with Crippen LogP contribution in [-0.4, -0.2) is 64.5 Å². The van der Waals surface area contributed by atoms with Crippen molar-refractivity contribution < 1.29 is 23.9 Å². The number of carbonyl (C=O) groups excluding carboxylic acids is 2. The lowest BCUT2D eigenvalue weighted by Gasteiger charge is -2.34. The summed E-state index contributed by atoms with van der Waals surface area (Å²) < 4.78 is 14.1. The minimum absolute atomic E-state index is 0.0480. The number of piperidine rings is 1. The van der Waals surface area contributed by atoms with E-state index in [9.17, 15) is 18.8 Å². The van der Waals surface area contributed by atoms with Crippen LogP contribution in [0.5, 0.6) is 0 Å². The van der Waals surface area contributed by atoms with Crippen LogP contribution in [0.2, 0.25) is 0 Å². The van der Waals surface area contributed by atoms with Crippen molar-refractivity contribution in [3.05, 3.63) is 0 Å². The highest BCUT2D eigenvalue weighted by Crippen LogP contribution is 2.29. The van der Waals surface area contributed by atoms with E-state index in [2.05, 4.69) is 0 Å². The molecule has 0 bridgehead atoms. The molecule has 2 saturated heterocycles. The van der Waals surface area contributed by atoms with Crippen molar-refractivity contribution in [2.24, 2.45) is 5.92 Å². The molecule has 1 N–H and O–H groups in total. The quantitative estimate of drug-likeness (QED) is 0.841. The molecule has 0 aromatic rings. The van der Waals surface area contributed by atoms with E-state index < -0.39 is 11.6 Å². The highest BCUT2D eigenvalue weighted by Gasteiger charge is 2.48. The molecule has 2 fully saturated rings. The van der Waals surface area contributed by atoms with Gasteiger partial charge in [0.25, 0.3) is 0 Å². The maximum Gasteiger partial charge on any atom is 0.343 e. The van der Waals surface area contributed by atoms with Gasteiger partial charge in [-0.15, -0.1) is 0 Å². The Morgan fingerprint density at radius 3 is 2.59 bits per heavy atom. The number of rotatable bonds is 4. The van der Waals surface area contributed by atoms with Gasteiger partial charge in [-0.1, -0.05) is 6.92 Å². The fourth-order valence-corrected chi connectivity index (χ4v) is 3.17. The van der Waals surface area contributed by atoms with Gasteiger partial charge in [0.15, 0.2) is 0 Å². The number of carboxylic acids is 1.